The van der Waals surface area contributed by atoms with Crippen molar-refractivity contribution in [3.8, 4) is 27.9 Å². The van der Waals surface area contributed by atoms with Gasteiger partial charge in [-0.2, -0.15) is 0 Å². The molecule has 0 N–H and O–H groups in total. The molecule has 85 heavy (non-hydrogen) atoms. The number of hydrogen-bond acceptors (Lipinski definition) is 0. The van der Waals surface area contributed by atoms with Crippen LogP contribution in [0.4, 0.5) is 0 Å². The molecular weight excluding hydrogens is 1020 g/mol. The molecule has 0 aliphatic carbocycles. The maximum Gasteiger partial charge on any atom is 0.250 e. The van der Waals surface area contributed by atoms with Crippen molar-refractivity contribution in [3.05, 3.63) is 209 Å². The molecule has 5 aromatic heterocycles. The van der Waals surface area contributed by atoms with E-state index < -0.39 is 0 Å². The zero-order valence-corrected chi connectivity index (χ0v) is 51.2. The topological polar surface area (TPSA) is 13.8 Å². The zero-order chi connectivity index (χ0) is 58.0. The third-order valence-corrected chi connectivity index (χ3v) is 20.9. The van der Waals surface area contributed by atoms with Crippen molar-refractivity contribution in [1.29, 1.82) is 0 Å². The van der Waals surface area contributed by atoms with Crippen molar-refractivity contribution < 1.29 is 0 Å². The highest BCUT2D eigenvalue weighted by Gasteiger charge is 2.48. The van der Waals surface area contributed by atoms with E-state index in [2.05, 4.69) is 273 Å². The summed E-state index contributed by atoms with van der Waals surface area (Å²) in [5.74, 6) is 0. The van der Waals surface area contributed by atoms with Gasteiger partial charge in [-0.1, -0.05) is 229 Å². The molecule has 7 heterocycles. The molecule has 0 radical (unpaired) electrons. The quantitative estimate of drug-likeness (QED) is 0.123. The summed E-state index contributed by atoms with van der Waals surface area (Å²) in [5.41, 5.74) is 31.8. The first kappa shape index (κ1) is 49.6. The number of aryl methyl sites for hydroxylation is 4. The van der Waals surface area contributed by atoms with Crippen molar-refractivity contribution in [1.82, 2.24) is 13.4 Å². The maximum atomic E-state index is 2.86. The molecule has 2 aliphatic heterocycles. The molecule has 3 nitrogen and oxygen atoms in total. The first-order valence-corrected chi connectivity index (χ1v) is 31.0. The van der Waals surface area contributed by atoms with Gasteiger partial charge in [-0.05, 0) is 173 Å². The van der Waals surface area contributed by atoms with E-state index in [9.17, 15) is 0 Å². The Bertz CT molecular complexity index is 5250. The highest BCUT2D eigenvalue weighted by molar-refractivity contribution is 7.03. The second-order valence-electron chi connectivity index (χ2n) is 29.0. The Balaban J connectivity index is 1.21. The molecule has 0 saturated carbocycles. The second-order valence-corrected chi connectivity index (χ2v) is 29.0. The van der Waals surface area contributed by atoms with E-state index in [1.807, 2.05) is 0 Å². The first-order chi connectivity index (χ1) is 40.8. The Labute approximate surface area is 497 Å². The minimum atomic E-state index is -0.157. The second kappa shape index (κ2) is 16.1. The number of hydrogen-bond donors (Lipinski definition) is 0. The molecule has 5 heteroatoms. The van der Waals surface area contributed by atoms with Gasteiger partial charge >= 0.3 is 0 Å². The van der Waals surface area contributed by atoms with Crippen molar-refractivity contribution >= 4 is 144 Å². The van der Waals surface area contributed by atoms with Gasteiger partial charge in [0.25, 0.3) is 0 Å². The Morgan fingerprint density at radius 3 is 1.04 bits per heavy atom. The minimum absolute atomic E-state index is 0.0445. The van der Waals surface area contributed by atoms with Crippen molar-refractivity contribution in [3.63, 3.8) is 0 Å². The van der Waals surface area contributed by atoms with Gasteiger partial charge in [0.2, 0.25) is 13.4 Å². The van der Waals surface area contributed by atoms with E-state index in [1.54, 1.807) is 0 Å². The van der Waals surface area contributed by atoms with E-state index in [4.69, 9.17) is 0 Å². The van der Waals surface area contributed by atoms with E-state index in [-0.39, 0.29) is 29.7 Å². The zero-order valence-electron chi connectivity index (χ0n) is 51.2. The third kappa shape index (κ3) is 6.19. The molecule has 0 unspecified atom stereocenters. The Kier molecular flexibility index (Phi) is 9.42. The molecular formula is C80H67B2N3. The van der Waals surface area contributed by atoms with Crippen LogP contribution in [0.5, 0.6) is 0 Å². The summed E-state index contributed by atoms with van der Waals surface area (Å²) in [5, 5.41) is 16.0. The Morgan fingerprint density at radius 1 is 0.294 bits per heavy atom. The largest absolute Gasteiger partial charge is 0.292 e. The van der Waals surface area contributed by atoms with Crippen LogP contribution in [0.2, 0.25) is 0 Å². The summed E-state index contributed by atoms with van der Waals surface area (Å²) in [4.78, 5) is 0. The average molecular weight is 1090 g/mol. The highest BCUT2D eigenvalue weighted by Crippen LogP contribution is 2.55. The molecule has 0 fully saturated rings. The van der Waals surface area contributed by atoms with Crippen molar-refractivity contribution in [2.24, 2.45) is 0 Å². The van der Waals surface area contributed by atoms with Gasteiger partial charge in [0, 0.05) is 38.0 Å². The molecule has 11 aromatic carbocycles. The third-order valence-electron chi connectivity index (χ3n) is 20.9. The standard InChI is InChI=1S/C80H67B2N3/c1-42-22-20-23-43(2)67(42)81-61-40-52(80(11,12)13)41-62-73(61)85-76-69(81)59-38-50(78(5,6)7)36-57-65-63-55-34-48(46-26-16-14-17-27-46)30-32-53(55)54-33-31-49(47-28-18-15-19-29-47)35-56(54)64(63)66-58-37-51(79(8,9)10)39-60-70(82(62)68-44(3)24-21-25-45(68)4)77(85)84(72(58)60)75(66)74(65)83(76)71(57)59/h14-41H,1-13H3. The molecule has 16 aromatic rings. The number of nitrogens with zero attached hydrogens (tertiary/aromatic N) is 3. The SMILES string of the molecule is Cc1cccc(C)c1B1c2cc(C(C)(C)C)cc3c2-n2c4c1c1cc(C(C)(C)C)cc5c6c7c8cc(-c9ccccc9)ccc8c8ccc(-c9ccccc9)cc8c7c7c8cc(C(C)(C)C)cc9c(c2n(c98)c7c6n4c15)B3c1c(C)cccc1C. The van der Waals surface area contributed by atoms with E-state index >= 15 is 0 Å². The van der Waals surface area contributed by atoms with Crippen molar-refractivity contribution in [2.75, 3.05) is 0 Å². The lowest BCUT2D eigenvalue weighted by Crippen LogP contribution is -2.64. The van der Waals surface area contributed by atoms with Crippen LogP contribution in [0, 0.1) is 27.7 Å². The molecule has 0 bridgehead atoms. The lowest BCUT2D eigenvalue weighted by atomic mass is 9.30. The van der Waals surface area contributed by atoms with E-state index in [0.29, 0.717) is 0 Å². The molecule has 0 spiro atoms. The molecule has 408 valence electrons. The van der Waals surface area contributed by atoms with Crippen LogP contribution in [0.3, 0.4) is 0 Å². The van der Waals surface area contributed by atoms with Crippen LogP contribution in [0.1, 0.15) is 101 Å². The van der Waals surface area contributed by atoms with Crippen LogP contribution < -0.4 is 32.8 Å². The molecule has 0 saturated heterocycles. The molecule has 0 atom stereocenters. The Hall–Kier alpha value is -8.79. The van der Waals surface area contributed by atoms with Crippen LogP contribution in [-0.4, -0.2) is 26.8 Å². The van der Waals surface area contributed by atoms with Crippen LogP contribution in [0.25, 0.3) is 126 Å². The van der Waals surface area contributed by atoms with Gasteiger partial charge in [-0.25, -0.2) is 0 Å². The summed E-state index contributed by atoms with van der Waals surface area (Å²) in [6.45, 7) is 31.3. The summed E-state index contributed by atoms with van der Waals surface area (Å²) < 4.78 is 8.56. The fourth-order valence-electron chi connectivity index (χ4n) is 17.0. The monoisotopic (exact) mass is 1090 g/mol. The minimum Gasteiger partial charge on any atom is -0.292 e. The maximum absolute atomic E-state index is 2.86. The lowest BCUT2D eigenvalue weighted by Gasteiger charge is -2.37. The highest BCUT2D eigenvalue weighted by atomic mass is 15.2. The van der Waals surface area contributed by atoms with Gasteiger partial charge in [0.1, 0.15) is 11.3 Å². The van der Waals surface area contributed by atoms with Gasteiger partial charge in [-0.3, -0.25) is 13.4 Å². The number of rotatable bonds is 4. The Morgan fingerprint density at radius 2 is 0.659 bits per heavy atom. The summed E-state index contributed by atoms with van der Waals surface area (Å²) >= 11 is 0. The van der Waals surface area contributed by atoms with E-state index in [1.165, 1.54) is 198 Å². The van der Waals surface area contributed by atoms with Gasteiger partial charge in [-0.15, -0.1) is 0 Å². The predicted molar refractivity (Wildman–Crippen MR) is 369 cm³/mol. The normalized spacial score (nSPS) is 13.9. The van der Waals surface area contributed by atoms with Crippen LogP contribution >= 0.6 is 0 Å². The molecule has 18 rings (SSSR count). The summed E-state index contributed by atoms with van der Waals surface area (Å²) in [6, 6.07) is 66.8. The lowest BCUT2D eigenvalue weighted by molar-refractivity contribution is 0.591. The van der Waals surface area contributed by atoms with Crippen LogP contribution in [-0.2, 0) is 16.2 Å². The number of benzene rings is 11. The number of aromatic nitrogens is 3. The average Bonchev–Trinajstić information content (AvgIpc) is 1.47. The fourth-order valence-corrected chi connectivity index (χ4v) is 17.0. The van der Waals surface area contributed by atoms with Gasteiger partial charge < -0.3 is 0 Å². The number of fused-ring (bicyclic) bond motifs is 12. The van der Waals surface area contributed by atoms with Gasteiger partial charge in [0.05, 0.1) is 22.1 Å². The molecule has 0 amide bonds. The van der Waals surface area contributed by atoms with Crippen molar-refractivity contribution in [2.45, 2.75) is 106 Å². The smallest absolute Gasteiger partial charge is 0.250 e. The first-order valence-electron chi connectivity index (χ1n) is 31.0. The predicted octanol–water partition coefficient (Wildman–Crippen LogP) is 16.6. The summed E-state index contributed by atoms with van der Waals surface area (Å²) in [7, 11) is 0. The molecule has 2 aliphatic rings. The van der Waals surface area contributed by atoms with Crippen LogP contribution in [0.15, 0.2) is 170 Å². The van der Waals surface area contributed by atoms with Gasteiger partial charge in [0.15, 0.2) is 0 Å². The summed E-state index contributed by atoms with van der Waals surface area (Å²) in [6.07, 6.45) is 0. The fraction of sp³-hybridized carbons (Fsp3) is 0.200. The van der Waals surface area contributed by atoms with E-state index in [0.717, 1.165) is 0 Å².